The zero-order valence-corrected chi connectivity index (χ0v) is 12.7. The topological polar surface area (TPSA) is 12.0 Å². The summed E-state index contributed by atoms with van der Waals surface area (Å²) in [6.45, 7) is 5.85. The Morgan fingerprint density at radius 2 is 1.75 bits per heavy atom. The number of benzene rings is 2. The minimum atomic E-state index is 0.428. The summed E-state index contributed by atoms with van der Waals surface area (Å²) < 4.78 is 0. The average Bonchev–Trinajstić information content (AvgIpc) is 2.91. The zero-order valence-electron chi connectivity index (χ0n) is 12.7. The van der Waals surface area contributed by atoms with Gasteiger partial charge in [0.05, 0.1) is 0 Å². The van der Waals surface area contributed by atoms with Crippen LogP contribution in [0.5, 0.6) is 0 Å². The summed E-state index contributed by atoms with van der Waals surface area (Å²) in [5, 5.41) is 6.41. The molecule has 20 heavy (non-hydrogen) atoms. The van der Waals surface area contributed by atoms with E-state index in [1.165, 1.54) is 42.0 Å². The molecule has 1 aliphatic rings. The Morgan fingerprint density at radius 1 is 1.05 bits per heavy atom. The quantitative estimate of drug-likeness (QED) is 0.815. The van der Waals surface area contributed by atoms with Crippen LogP contribution in [-0.2, 0) is 0 Å². The molecule has 1 heteroatoms. The SMILES string of the molecule is CC(NCC1(C)CCCC1)c1ccc2ccccc2c1. The van der Waals surface area contributed by atoms with Crippen molar-refractivity contribution in [3.63, 3.8) is 0 Å². The highest BCUT2D eigenvalue weighted by Gasteiger charge is 2.28. The molecule has 1 fully saturated rings. The molecule has 1 aliphatic carbocycles. The summed E-state index contributed by atoms with van der Waals surface area (Å²) in [5.74, 6) is 0. The first kappa shape index (κ1) is 13.6. The smallest absolute Gasteiger partial charge is 0.0292 e. The molecule has 0 aromatic heterocycles. The molecule has 0 bridgehead atoms. The van der Waals surface area contributed by atoms with E-state index in [-0.39, 0.29) is 0 Å². The van der Waals surface area contributed by atoms with Crippen LogP contribution in [0.25, 0.3) is 10.8 Å². The Balaban J connectivity index is 1.70. The van der Waals surface area contributed by atoms with Gasteiger partial charge in [-0.15, -0.1) is 0 Å². The van der Waals surface area contributed by atoms with Gasteiger partial charge in [-0.25, -0.2) is 0 Å². The van der Waals surface area contributed by atoms with E-state index in [1.54, 1.807) is 0 Å². The van der Waals surface area contributed by atoms with Gasteiger partial charge in [0.1, 0.15) is 0 Å². The molecule has 106 valence electrons. The number of rotatable bonds is 4. The largest absolute Gasteiger partial charge is 0.310 e. The third-order valence-corrected chi connectivity index (χ3v) is 4.92. The highest BCUT2D eigenvalue weighted by Crippen LogP contribution is 2.37. The van der Waals surface area contributed by atoms with Crippen molar-refractivity contribution in [3.8, 4) is 0 Å². The van der Waals surface area contributed by atoms with Crippen LogP contribution in [0, 0.1) is 5.41 Å². The Bertz CT molecular complexity index is 581. The zero-order chi connectivity index (χ0) is 14.0. The first-order valence-electron chi connectivity index (χ1n) is 7.88. The van der Waals surface area contributed by atoms with Crippen molar-refractivity contribution in [2.45, 2.75) is 45.6 Å². The van der Waals surface area contributed by atoms with Gasteiger partial charge < -0.3 is 5.32 Å². The van der Waals surface area contributed by atoms with E-state index in [1.807, 2.05) is 0 Å². The maximum Gasteiger partial charge on any atom is 0.0292 e. The lowest BCUT2D eigenvalue weighted by Crippen LogP contribution is -2.31. The van der Waals surface area contributed by atoms with Crippen LogP contribution in [0.2, 0.25) is 0 Å². The summed E-state index contributed by atoms with van der Waals surface area (Å²) in [4.78, 5) is 0. The predicted octanol–water partition coefficient (Wildman–Crippen LogP) is 5.07. The summed E-state index contributed by atoms with van der Waals surface area (Å²) in [5.41, 5.74) is 1.91. The third kappa shape index (κ3) is 2.88. The van der Waals surface area contributed by atoms with E-state index >= 15 is 0 Å². The predicted molar refractivity (Wildman–Crippen MR) is 86.9 cm³/mol. The number of fused-ring (bicyclic) bond motifs is 1. The van der Waals surface area contributed by atoms with Crippen LogP contribution < -0.4 is 5.32 Å². The third-order valence-electron chi connectivity index (χ3n) is 4.92. The molecule has 3 rings (SSSR count). The van der Waals surface area contributed by atoms with Gasteiger partial charge >= 0.3 is 0 Å². The molecule has 2 aromatic carbocycles. The second-order valence-electron chi connectivity index (χ2n) is 6.73. The molecule has 0 saturated heterocycles. The molecular formula is C19H25N. The lowest BCUT2D eigenvalue weighted by Gasteiger charge is -2.26. The van der Waals surface area contributed by atoms with Crippen LogP contribution in [-0.4, -0.2) is 6.54 Å². The van der Waals surface area contributed by atoms with Crippen LogP contribution in [0.4, 0.5) is 0 Å². The van der Waals surface area contributed by atoms with Gasteiger partial charge in [-0.1, -0.05) is 56.2 Å². The lowest BCUT2D eigenvalue weighted by molar-refractivity contribution is 0.302. The van der Waals surface area contributed by atoms with E-state index < -0.39 is 0 Å². The van der Waals surface area contributed by atoms with Crippen molar-refractivity contribution < 1.29 is 0 Å². The Morgan fingerprint density at radius 3 is 2.50 bits per heavy atom. The minimum Gasteiger partial charge on any atom is -0.310 e. The molecule has 1 saturated carbocycles. The molecular weight excluding hydrogens is 242 g/mol. The van der Waals surface area contributed by atoms with Gasteiger partial charge in [-0.2, -0.15) is 0 Å². The van der Waals surface area contributed by atoms with E-state index in [4.69, 9.17) is 0 Å². The molecule has 0 radical (unpaired) electrons. The molecule has 1 N–H and O–H groups in total. The van der Waals surface area contributed by atoms with Gasteiger partial charge in [-0.05, 0) is 47.6 Å². The van der Waals surface area contributed by atoms with Crippen LogP contribution in [0.3, 0.4) is 0 Å². The van der Waals surface area contributed by atoms with Gasteiger partial charge in [0.15, 0.2) is 0 Å². The molecule has 0 aliphatic heterocycles. The fraction of sp³-hybridized carbons (Fsp3) is 0.474. The molecule has 0 spiro atoms. The maximum absolute atomic E-state index is 3.75. The van der Waals surface area contributed by atoms with Gasteiger partial charge in [0.25, 0.3) is 0 Å². The second-order valence-corrected chi connectivity index (χ2v) is 6.73. The summed E-state index contributed by atoms with van der Waals surface area (Å²) in [7, 11) is 0. The van der Waals surface area contributed by atoms with Crippen molar-refractivity contribution in [3.05, 3.63) is 48.0 Å². The van der Waals surface area contributed by atoms with Crippen LogP contribution >= 0.6 is 0 Å². The van der Waals surface area contributed by atoms with Gasteiger partial charge in [0.2, 0.25) is 0 Å². The molecule has 0 heterocycles. The molecule has 0 amide bonds. The fourth-order valence-electron chi connectivity index (χ4n) is 3.40. The highest BCUT2D eigenvalue weighted by atomic mass is 14.9. The summed E-state index contributed by atoms with van der Waals surface area (Å²) >= 11 is 0. The number of hydrogen-bond donors (Lipinski definition) is 1. The van der Waals surface area contributed by atoms with E-state index in [9.17, 15) is 0 Å². The van der Waals surface area contributed by atoms with E-state index in [2.05, 4.69) is 61.6 Å². The van der Waals surface area contributed by atoms with Crippen molar-refractivity contribution >= 4 is 10.8 Å². The molecule has 1 unspecified atom stereocenters. The van der Waals surface area contributed by atoms with Crippen LogP contribution in [0.15, 0.2) is 42.5 Å². The second kappa shape index (κ2) is 5.57. The van der Waals surface area contributed by atoms with Gasteiger partial charge in [0, 0.05) is 12.6 Å². The van der Waals surface area contributed by atoms with E-state index in [0.717, 1.165) is 6.54 Å². The van der Waals surface area contributed by atoms with Crippen molar-refractivity contribution in [2.75, 3.05) is 6.54 Å². The number of nitrogens with one attached hydrogen (secondary N) is 1. The Labute approximate surface area is 122 Å². The highest BCUT2D eigenvalue weighted by molar-refractivity contribution is 5.83. The normalized spacial score (nSPS) is 19.3. The number of hydrogen-bond acceptors (Lipinski definition) is 1. The first-order valence-corrected chi connectivity index (χ1v) is 7.88. The van der Waals surface area contributed by atoms with E-state index in [0.29, 0.717) is 11.5 Å². The summed E-state index contributed by atoms with van der Waals surface area (Å²) in [6.07, 6.45) is 5.57. The standard InChI is InChI=1S/C19H25N/c1-15(20-14-19(2)11-5-6-12-19)17-10-9-16-7-3-4-8-18(16)13-17/h3-4,7-10,13,15,20H,5-6,11-12,14H2,1-2H3. The minimum absolute atomic E-state index is 0.428. The van der Waals surface area contributed by atoms with Crippen molar-refractivity contribution in [2.24, 2.45) is 5.41 Å². The summed E-state index contributed by atoms with van der Waals surface area (Å²) in [6, 6.07) is 15.8. The molecule has 2 aromatic rings. The Hall–Kier alpha value is -1.34. The van der Waals surface area contributed by atoms with Gasteiger partial charge in [-0.3, -0.25) is 0 Å². The first-order chi connectivity index (χ1) is 9.66. The maximum atomic E-state index is 3.75. The van der Waals surface area contributed by atoms with Crippen LogP contribution in [0.1, 0.15) is 51.1 Å². The molecule has 1 nitrogen and oxygen atoms in total. The van der Waals surface area contributed by atoms with Crippen molar-refractivity contribution in [1.82, 2.24) is 5.32 Å². The fourth-order valence-corrected chi connectivity index (χ4v) is 3.40. The average molecular weight is 267 g/mol. The lowest BCUT2D eigenvalue weighted by atomic mass is 9.88. The Kier molecular flexibility index (Phi) is 3.80. The monoisotopic (exact) mass is 267 g/mol. The molecule has 1 atom stereocenters. The van der Waals surface area contributed by atoms with Crippen molar-refractivity contribution in [1.29, 1.82) is 0 Å².